The van der Waals surface area contributed by atoms with E-state index in [1.165, 1.54) is 5.56 Å². The van der Waals surface area contributed by atoms with Crippen molar-refractivity contribution in [1.29, 1.82) is 0 Å². The van der Waals surface area contributed by atoms with E-state index in [-0.39, 0.29) is 0 Å². The maximum Gasteiger partial charge on any atom is 0.0672 e. The van der Waals surface area contributed by atoms with E-state index in [4.69, 9.17) is 4.74 Å². The summed E-state index contributed by atoms with van der Waals surface area (Å²) in [6.45, 7) is 3.74. The molecule has 1 fully saturated rings. The fourth-order valence-corrected chi connectivity index (χ4v) is 1.48. The van der Waals surface area contributed by atoms with Crippen LogP contribution in [0.5, 0.6) is 0 Å². The van der Waals surface area contributed by atoms with Crippen molar-refractivity contribution in [2.45, 2.75) is 19.1 Å². The van der Waals surface area contributed by atoms with Crippen LogP contribution in [0.1, 0.15) is 18.5 Å². The summed E-state index contributed by atoms with van der Waals surface area (Å²) in [7, 11) is 0. The molecule has 13 heavy (non-hydrogen) atoms. The molecular formula is C10H14N2O. The van der Waals surface area contributed by atoms with E-state index >= 15 is 0 Å². The first-order chi connectivity index (χ1) is 6.36. The molecular weight excluding hydrogens is 164 g/mol. The number of hydrogen-bond donors (Lipinski definition) is 1. The molecule has 1 aromatic heterocycles. The van der Waals surface area contributed by atoms with E-state index in [9.17, 15) is 0 Å². The van der Waals surface area contributed by atoms with Gasteiger partial charge >= 0.3 is 0 Å². The van der Waals surface area contributed by atoms with Crippen molar-refractivity contribution in [3.8, 4) is 0 Å². The van der Waals surface area contributed by atoms with Crippen LogP contribution in [0.3, 0.4) is 0 Å². The Balaban J connectivity index is 2.03. The van der Waals surface area contributed by atoms with Crippen LogP contribution in [-0.2, 0) is 4.74 Å². The molecule has 3 nitrogen and oxygen atoms in total. The number of morpholine rings is 1. The molecule has 2 atom stereocenters. The van der Waals surface area contributed by atoms with Crippen molar-refractivity contribution in [3.63, 3.8) is 0 Å². The van der Waals surface area contributed by atoms with Gasteiger partial charge in [-0.05, 0) is 18.6 Å². The molecule has 0 saturated carbocycles. The minimum Gasteiger partial charge on any atom is -0.375 e. The van der Waals surface area contributed by atoms with Gasteiger partial charge in [0.25, 0.3) is 0 Å². The maximum absolute atomic E-state index is 5.55. The zero-order chi connectivity index (χ0) is 9.10. The normalized spacial score (nSPS) is 28.7. The third-order valence-electron chi connectivity index (χ3n) is 2.29. The summed E-state index contributed by atoms with van der Waals surface area (Å²) in [5, 5.41) is 3.42. The van der Waals surface area contributed by atoms with E-state index in [0.29, 0.717) is 12.1 Å². The SMILES string of the molecule is CC1CNC(c2cccnc2)CO1. The zero-order valence-corrected chi connectivity index (χ0v) is 7.73. The highest BCUT2D eigenvalue weighted by Gasteiger charge is 2.18. The van der Waals surface area contributed by atoms with Gasteiger partial charge in [-0.3, -0.25) is 4.98 Å². The van der Waals surface area contributed by atoms with Gasteiger partial charge in [0, 0.05) is 18.9 Å². The Kier molecular flexibility index (Phi) is 2.57. The molecule has 70 valence electrons. The average Bonchev–Trinajstić information content (AvgIpc) is 2.20. The Bertz CT molecular complexity index is 255. The number of nitrogens with zero attached hydrogens (tertiary/aromatic N) is 1. The van der Waals surface area contributed by atoms with E-state index in [2.05, 4.69) is 23.3 Å². The Labute approximate surface area is 78.1 Å². The second kappa shape index (κ2) is 3.85. The number of hydrogen-bond acceptors (Lipinski definition) is 3. The lowest BCUT2D eigenvalue weighted by Crippen LogP contribution is -2.39. The van der Waals surface area contributed by atoms with Gasteiger partial charge in [-0.1, -0.05) is 6.07 Å². The van der Waals surface area contributed by atoms with Crippen LogP contribution >= 0.6 is 0 Å². The molecule has 1 aliphatic rings. The molecule has 0 amide bonds. The summed E-state index contributed by atoms with van der Waals surface area (Å²) >= 11 is 0. The lowest BCUT2D eigenvalue weighted by molar-refractivity contribution is 0.0148. The van der Waals surface area contributed by atoms with Crippen LogP contribution in [0.25, 0.3) is 0 Å². The van der Waals surface area contributed by atoms with Gasteiger partial charge in [-0.25, -0.2) is 0 Å². The number of aromatic nitrogens is 1. The van der Waals surface area contributed by atoms with Crippen molar-refractivity contribution in [1.82, 2.24) is 10.3 Å². The van der Waals surface area contributed by atoms with Crippen LogP contribution in [0.4, 0.5) is 0 Å². The summed E-state index contributed by atoms with van der Waals surface area (Å²) in [4.78, 5) is 4.08. The average molecular weight is 178 g/mol. The number of ether oxygens (including phenoxy) is 1. The summed E-state index contributed by atoms with van der Waals surface area (Å²) in [6, 6.07) is 4.34. The molecule has 0 bridgehead atoms. The number of rotatable bonds is 1. The third-order valence-corrected chi connectivity index (χ3v) is 2.29. The fraction of sp³-hybridized carbons (Fsp3) is 0.500. The first-order valence-electron chi connectivity index (χ1n) is 4.61. The Hall–Kier alpha value is -0.930. The molecule has 3 heteroatoms. The highest BCUT2D eigenvalue weighted by Crippen LogP contribution is 2.15. The van der Waals surface area contributed by atoms with Gasteiger partial charge in [0.15, 0.2) is 0 Å². The lowest BCUT2D eigenvalue weighted by atomic mass is 10.1. The summed E-state index contributed by atoms with van der Waals surface area (Å²) in [5.74, 6) is 0. The van der Waals surface area contributed by atoms with E-state index in [1.807, 2.05) is 12.3 Å². The predicted octanol–water partition coefficient (Wildman–Crippen LogP) is 1.13. The van der Waals surface area contributed by atoms with E-state index in [0.717, 1.165) is 13.2 Å². The first-order valence-corrected chi connectivity index (χ1v) is 4.61. The second-order valence-electron chi connectivity index (χ2n) is 3.39. The van der Waals surface area contributed by atoms with Crippen LogP contribution < -0.4 is 5.32 Å². The molecule has 1 aromatic rings. The van der Waals surface area contributed by atoms with E-state index < -0.39 is 0 Å². The molecule has 1 saturated heterocycles. The maximum atomic E-state index is 5.55. The van der Waals surface area contributed by atoms with Crippen LogP contribution in [0, 0.1) is 0 Å². The van der Waals surface area contributed by atoms with E-state index in [1.54, 1.807) is 6.20 Å². The zero-order valence-electron chi connectivity index (χ0n) is 7.73. The van der Waals surface area contributed by atoms with Gasteiger partial charge in [0.05, 0.1) is 18.8 Å². The van der Waals surface area contributed by atoms with Crippen LogP contribution in [0.2, 0.25) is 0 Å². The molecule has 1 aliphatic heterocycles. The molecule has 0 spiro atoms. The Morgan fingerprint density at radius 2 is 2.54 bits per heavy atom. The minimum absolute atomic E-state index is 0.310. The van der Waals surface area contributed by atoms with Crippen molar-refractivity contribution in [2.75, 3.05) is 13.2 Å². The third kappa shape index (κ3) is 2.05. The van der Waals surface area contributed by atoms with Crippen LogP contribution in [0.15, 0.2) is 24.5 Å². The number of pyridine rings is 1. The summed E-state index contributed by atoms with van der Waals surface area (Å²) in [5.41, 5.74) is 1.20. The molecule has 1 N–H and O–H groups in total. The van der Waals surface area contributed by atoms with Gasteiger partial charge in [-0.15, -0.1) is 0 Å². The monoisotopic (exact) mass is 178 g/mol. The number of nitrogens with one attached hydrogen (secondary N) is 1. The first kappa shape index (κ1) is 8.66. The van der Waals surface area contributed by atoms with Gasteiger partial charge in [0.2, 0.25) is 0 Å². The molecule has 0 radical (unpaired) electrons. The van der Waals surface area contributed by atoms with Crippen molar-refractivity contribution < 1.29 is 4.74 Å². The summed E-state index contributed by atoms with van der Waals surface area (Å²) < 4.78 is 5.55. The quantitative estimate of drug-likeness (QED) is 0.700. The topological polar surface area (TPSA) is 34.2 Å². The molecule has 2 unspecified atom stereocenters. The highest BCUT2D eigenvalue weighted by molar-refractivity contribution is 5.14. The largest absolute Gasteiger partial charge is 0.375 e. The standard InChI is InChI=1S/C10H14N2O/c1-8-5-12-10(7-13-8)9-3-2-4-11-6-9/h2-4,6,8,10,12H,5,7H2,1H3. The smallest absolute Gasteiger partial charge is 0.0672 e. The predicted molar refractivity (Wildman–Crippen MR) is 50.4 cm³/mol. The van der Waals surface area contributed by atoms with Crippen molar-refractivity contribution >= 4 is 0 Å². The fourth-order valence-electron chi connectivity index (χ4n) is 1.48. The highest BCUT2D eigenvalue weighted by atomic mass is 16.5. The molecule has 0 aliphatic carbocycles. The Morgan fingerprint density at radius 1 is 1.62 bits per heavy atom. The van der Waals surface area contributed by atoms with Gasteiger partial charge < -0.3 is 10.1 Å². The molecule has 2 rings (SSSR count). The van der Waals surface area contributed by atoms with Crippen molar-refractivity contribution in [2.24, 2.45) is 0 Å². The van der Waals surface area contributed by atoms with Gasteiger partial charge in [-0.2, -0.15) is 0 Å². The molecule has 2 heterocycles. The van der Waals surface area contributed by atoms with Crippen LogP contribution in [-0.4, -0.2) is 24.2 Å². The second-order valence-corrected chi connectivity index (χ2v) is 3.39. The van der Waals surface area contributed by atoms with Crippen molar-refractivity contribution in [3.05, 3.63) is 30.1 Å². The summed E-state index contributed by atoms with van der Waals surface area (Å²) in [6.07, 6.45) is 4.00. The van der Waals surface area contributed by atoms with Gasteiger partial charge in [0.1, 0.15) is 0 Å². The lowest BCUT2D eigenvalue weighted by Gasteiger charge is -2.28. The molecule has 0 aromatic carbocycles. The Morgan fingerprint density at radius 3 is 3.15 bits per heavy atom. The minimum atomic E-state index is 0.310.